The average Bonchev–Trinajstić information content (AvgIpc) is 3.66. The molecule has 8 aromatic rings. The summed E-state index contributed by atoms with van der Waals surface area (Å²) in [5, 5.41) is 3.74. The first-order chi connectivity index (χ1) is 30.7. The molecule has 0 N–H and O–H groups in total. The van der Waals surface area contributed by atoms with Crippen molar-refractivity contribution >= 4 is 62.4 Å². The van der Waals surface area contributed by atoms with Gasteiger partial charge in [0.1, 0.15) is 5.75 Å². The molecular formula is C57H42O2S2Si. The third-order valence-electron chi connectivity index (χ3n) is 11.0. The SMILES string of the molecule is O=C(Oc1ccc(C#C[Si]2(c3ccccc3)C(c3ccccc3)=C(c3ccccc3)C(c3ccccc3)=C2c2ccccc2)cc1)c1ccc(CSSCc2ccccc2)cc1. The number of allylic oxidation sites excluding steroid dienone is 2. The smallest absolute Gasteiger partial charge is 0.343 e. The van der Waals surface area contributed by atoms with Crippen LogP contribution in [0.4, 0.5) is 0 Å². The van der Waals surface area contributed by atoms with E-state index < -0.39 is 8.07 Å². The zero-order valence-electron chi connectivity index (χ0n) is 34.0. The highest BCUT2D eigenvalue weighted by Gasteiger charge is 2.51. The average molecular weight is 851 g/mol. The lowest BCUT2D eigenvalue weighted by atomic mass is 9.89. The van der Waals surface area contributed by atoms with E-state index >= 15 is 0 Å². The molecular weight excluding hydrogens is 809 g/mol. The van der Waals surface area contributed by atoms with Gasteiger partial charge in [-0.05, 0) is 96.5 Å². The number of ether oxygens (including phenoxy) is 1. The van der Waals surface area contributed by atoms with Gasteiger partial charge in [0, 0.05) is 17.1 Å². The summed E-state index contributed by atoms with van der Waals surface area (Å²) in [6.45, 7) is 0. The zero-order valence-corrected chi connectivity index (χ0v) is 36.6. The van der Waals surface area contributed by atoms with Gasteiger partial charge in [0.25, 0.3) is 0 Å². The van der Waals surface area contributed by atoms with Gasteiger partial charge in [0.05, 0.1) is 5.56 Å². The summed E-state index contributed by atoms with van der Waals surface area (Å²) in [6, 6.07) is 79.9. The Morgan fingerprint density at radius 3 is 1.31 bits per heavy atom. The third kappa shape index (κ3) is 8.82. The molecule has 0 saturated carbocycles. The van der Waals surface area contributed by atoms with Crippen LogP contribution in [-0.2, 0) is 11.5 Å². The van der Waals surface area contributed by atoms with Crippen molar-refractivity contribution in [3.63, 3.8) is 0 Å². The second-order valence-corrected chi connectivity index (χ2v) is 20.7. The summed E-state index contributed by atoms with van der Waals surface area (Å²) in [7, 11) is 0.416. The number of benzene rings is 8. The highest BCUT2D eigenvalue weighted by molar-refractivity contribution is 8.76. The van der Waals surface area contributed by atoms with Gasteiger partial charge in [-0.25, -0.2) is 4.79 Å². The fraction of sp³-hybridized carbons (Fsp3) is 0.0351. The summed E-state index contributed by atoms with van der Waals surface area (Å²) in [5.41, 5.74) is 15.0. The van der Waals surface area contributed by atoms with Crippen LogP contribution in [0.15, 0.2) is 231 Å². The molecule has 5 heteroatoms. The minimum absolute atomic E-state index is 0.389. The van der Waals surface area contributed by atoms with Gasteiger partial charge < -0.3 is 4.74 Å². The predicted octanol–water partition coefficient (Wildman–Crippen LogP) is 13.5. The fourth-order valence-electron chi connectivity index (χ4n) is 8.11. The van der Waals surface area contributed by atoms with Gasteiger partial charge in [0.2, 0.25) is 8.07 Å². The lowest BCUT2D eigenvalue weighted by Gasteiger charge is -2.30. The second-order valence-electron chi connectivity index (χ2n) is 15.0. The molecule has 0 bridgehead atoms. The summed E-state index contributed by atoms with van der Waals surface area (Å²) in [5.74, 6) is 5.62. The number of carbonyl (C=O) groups excluding carboxylic acids is 1. The van der Waals surface area contributed by atoms with Crippen LogP contribution in [0.3, 0.4) is 0 Å². The Morgan fingerprint density at radius 1 is 0.435 bits per heavy atom. The molecule has 8 aromatic carbocycles. The molecule has 0 atom stereocenters. The predicted molar refractivity (Wildman–Crippen MR) is 265 cm³/mol. The molecule has 2 nitrogen and oxygen atoms in total. The quantitative estimate of drug-likeness (QED) is 0.0305. The number of rotatable bonds is 12. The van der Waals surface area contributed by atoms with E-state index in [1.54, 1.807) is 0 Å². The Morgan fingerprint density at radius 2 is 0.839 bits per heavy atom. The van der Waals surface area contributed by atoms with Crippen LogP contribution >= 0.6 is 21.6 Å². The monoisotopic (exact) mass is 850 g/mol. The molecule has 0 fully saturated rings. The number of carbonyl (C=O) groups is 1. The summed E-state index contributed by atoms with van der Waals surface area (Å²) >= 11 is 0. The molecule has 0 spiro atoms. The normalized spacial score (nSPS) is 13.0. The van der Waals surface area contributed by atoms with Gasteiger partial charge in [-0.2, -0.15) is 0 Å². The number of hydrogen-bond donors (Lipinski definition) is 0. The molecule has 1 aliphatic heterocycles. The highest BCUT2D eigenvalue weighted by Crippen LogP contribution is 2.55. The van der Waals surface area contributed by atoms with Crippen molar-refractivity contribution in [2.75, 3.05) is 0 Å². The molecule has 1 aliphatic rings. The first-order valence-electron chi connectivity index (χ1n) is 20.7. The van der Waals surface area contributed by atoms with E-state index in [9.17, 15) is 4.79 Å². The van der Waals surface area contributed by atoms with E-state index in [0.717, 1.165) is 44.9 Å². The van der Waals surface area contributed by atoms with Gasteiger partial charge in [0.15, 0.2) is 0 Å². The van der Waals surface area contributed by atoms with Crippen molar-refractivity contribution in [1.29, 1.82) is 0 Å². The second kappa shape index (κ2) is 19.3. The van der Waals surface area contributed by atoms with Crippen molar-refractivity contribution in [2.24, 2.45) is 0 Å². The first-order valence-corrected chi connectivity index (χ1v) is 25.2. The van der Waals surface area contributed by atoms with Crippen LogP contribution in [0.1, 0.15) is 49.3 Å². The van der Waals surface area contributed by atoms with E-state index in [-0.39, 0.29) is 5.97 Å². The Bertz CT molecular complexity index is 2790. The third-order valence-corrected chi connectivity index (χ3v) is 17.5. The molecule has 62 heavy (non-hydrogen) atoms. The van der Waals surface area contributed by atoms with Crippen LogP contribution in [0.5, 0.6) is 5.75 Å². The van der Waals surface area contributed by atoms with Gasteiger partial charge in [-0.1, -0.05) is 222 Å². The summed E-state index contributed by atoms with van der Waals surface area (Å²) in [4.78, 5) is 13.3. The lowest BCUT2D eigenvalue weighted by molar-refractivity contribution is 0.0734. The van der Waals surface area contributed by atoms with Crippen LogP contribution in [0.2, 0.25) is 0 Å². The van der Waals surface area contributed by atoms with Gasteiger partial charge >= 0.3 is 5.97 Å². The van der Waals surface area contributed by atoms with Crippen molar-refractivity contribution < 1.29 is 9.53 Å². The molecule has 0 saturated heterocycles. The van der Waals surface area contributed by atoms with Crippen molar-refractivity contribution in [1.82, 2.24) is 0 Å². The molecule has 0 radical (unpaired) electrons. The molecule has 0 unspecified atom stereocenters. The summed E-state index contributed by atoms with van der Waals surface area (Å²) < 4.78 is 5.88. The fourth-order valence-corrected chi connectivity index (χ4v) is 15.0. The van der Waals surface area contributed by atoms with Crippen molar-refractivity contribution in [2.45, 2.75) is 11.5 Å². The van der Waals surface area contributed by atoms with Crippen LogP contribution in [0.25, 0.3) is 21.5 Å². The minimum Gasteiger partial charge on any atom is -0.423 e. The van der Waals surface area contributed by atoms with Crippen molar-refractivity contribution in [3.8, 4) is 17.2 Å². The Kier molecular flexibility index (Phi) is 12.6. The zero-order chi connectivity index (χ0) is 42.0. The number of hydrogen-bond acceptors (Lipinski definition) is 4. The number of esters is 1. The van der Waals surface area contributed by atoms with E-state index in [1.807, 2.05) is 76.2 Å². The molecule has 1 heterocycles. The maximum absolute atomic E-state index is 13.3. The van der Waals surface area contributed by atoms with E-state index in [1.165, 1.54) is 32.3 Å². The van der Waals surface area contributed by atoms with Gasteiger partial charge in [-0.3, -0.25) is 0 Å². The molecule has 298 valence electrons. The first kappa shape index (κ1) is 40.6. The van der Waals surface area contributed by atoms with Gasteiger partial charge in [-0.15, -0.1) is 5.54 Å². The lowest BCUT2D eigenvalue weighted by Crippen LogP contribution is -2.49. The van der Waals surface area contributed by atoms with E-state index in [2.05, 4.69) is 187 Å². The Labute approximate surface area is 373 Å². The standard InChI is InChI=1S/C57H42O2S2Si/c58-57(50-35-31-45(32-36-50)42-61-60-41-44-19-7-1-8-20-44)59-51-37-33-43(34-38-51)39-40-62(52-29-17-6-18-30-52)55(48-25-13-4-14-26-48)53(46-21-9-2-10-22-46)54(47-23-11-3-12-24-47)56(62)49-27-15-5-16-28-49/h1-38H,41-42H2. The van der Waals surface area contributed by atoms with E-state index in [4.69, 9.17) is 4.74 Å². The molecule has 0 aliphatic carbocycles. The molecule has 0 amide bonds. The topological polar surface area (TPSA) is 26.3 Å². The molecule has 9 rings (SSSR count). The highest BCUT2D eigenvalue weighted by atomic mass is 33.1. The maximum atomic E-state index is 13.3. The Balaban J connectivity index is 1.09. The maximum Gasteiger partial charge on any atom is 0.343 e. The largest absolute Gasteiger partial charge is 0.423 e. The van der Waals surface area contributed by atoms with Crippen LogP contribution < -0.4 is 9.92 Å². The van der Waals surface area contributed by atoms with Crippen LogP contribution in [-0.4, -0.2) is 14.0 Å². The summed E-state index contributed by atoms with van der Waals surface area (Å²) in [6.07, 6.45) is 0. The minimum atomic E-state index is -3.23. The molecule has 0 aromatic heterocycles. The van der Waals surface area contributed by atoms with E-state index in [0.29, 0.717) is 11.3 Å². The van der Waals surface area contributed by atoms with Crippen LogP contribution in [0, 0.1) is 11.5 Å². The Hall–Kier alpha value is -6.81. The van der Waals surface area contributed by atoms with Crippen molar-refractivity contribution in [3.05, 3.63) is 275 Å².